The van der Waals surface area contributed by atoms with Gasteiger partial charge in [-0.3, -0.25) is 4.99 Å². The van der Waals surface area contributed by atoms with Crippen LogP contribution in [0.5, 0.6) is 0 Å². The van der Waals surface area contributed by atoms with Gasteiger partial charge >= 0.3 is 0 Å². The van der Waals surface area contributed by atoms with Gasteiger partial charge in [0, 0.05) is 29.6 Å². The minimum Gasteiger partial charge on any atom is -0.393 e. The lowest BCUT2D eigenvalue weighted by molar-refractivity contribution is 0.120. The fourth-order valence-electron chi connectivity index (χ4n) is 3.34. The number of hydrogen-bond acceptors (Lipinski definition) is 2. The molecule has 2 unspecified atom stereocenters. The zero-order valence-electron chi connectivity index (χ0n) is 13.6. The number of halogens is 1. The number of aliphatic hydroxyl groups is 1. The third kappa shape index (κ3) is 4.61. The number of hydrogen-bond donors (Lipinski definition) is 3. The Balaban J connectivity index is 1.53. The van der Waals surface area contributed by atoms with Crippen molar-refractivity contribution in [3.8, 4) is 0 Å². The van der Waals surface area contributed by atoms with E-state index in [0.29, 0.717) is 18.0 Å². The van der Waals surface area contributed by atoms with Crippen LogP contribution in [0, 0.1) is 0 Å². The van der Waals surface area contributed by atoms with Crippen molar-refractivity contribution in [1.82, 2.24) is 10.6 Å². The zero-order chi connectivity index (χ0) is 16.2. The fourth-order valence-corrected chi connectivity index (χ4v) is 3.54. The van der Waals surface area contributed by atoms with E-state index in [-0.39, 0.29) is 6.10 Å². The molecule has 0 aliphatic heterocycles. The monoisotopic (exact) mass is 335 g/mol. The fraction of sp³-hybridized carbons (Fsp3) is 0.611. The molecule has 0 saturated heterocycles. The molecule has 0 aromatic heterocycles. The molecule has 23 heavy (non-hydrogen) atoms. The topological polar surface area (TPSA) is 56.7 Å². The first-order chi connectivity index (χ1) is 11.2. The predicted octanol–water partition coefficient (Wildman–Crippen LogP) is 3.05. The van der Waals surface area contributed by atoms with Gasteiger partial charge in [0.15, 0.2) is 5.96 Å². The maximum atomic E-state index is 9.62. The highest BCUT2D eigenvalue weighted by molar-refractivity contribution is 6.30. The Morgan fingerprint density at radius 1 is 1.26 bits per heavy atom. The van der Waals surface area contributed by atoms with Crippen molar-refractivity contribution in [2.45, 2.75) is 63.1 Å². The summed E-state index contributed by atoms with van der Waals surface area (Å²) in [4.78, 5) is 4.57. The van der Waals surface area contributed by atoms with Gasteiger partial charge < -0.3 is 15.7 Å². The predicted molar refractivity (Wildman–Crippen MR) is 95.1 cm³/mol. The van der Waals surface area contributed by atoms with Crippen molar-refractivity contribution in [2.75, 3.05) is 6.54 Å². The molecule has 0 amide bonds. The number of nitrogens with one attached hydrogen (secondary N) is 2. The summed E-state index contributed by atoms with van der Waals surface area (Å²) in [6.45, 7) is 2.81. The summed E-state index contributed by atoms with van der Waals surface area (Å²) < 4.78 is 0. The molecule has 3 rings (SSSR count). The van der Waals surface area contributed by atoms with Crippen molar-refractivity contribution in [3.05, 3.63) is 34.9 Å². The minimum absolute atomic E-state index is 0.122. The van der Waals surface area contributed by atoms with Gasteiger partial charge in [-0.05, 0) is 56.7 Å². The summed E-state index contributed by atoms with van der Waals surface area (Å²) in [6, 6.07) is 8.98. The number of rotatable bonds is 4. The maximum Gasteiger partial charge on any atom is 0.191 e. The number of aliphatic hydroxyl groups excluding tert-OH is 1. The van der Waals surface area contributed by atoms with Gasteiger partial charge in [-0.2, -0.15) is 0 Å². The standard InChI is InChI=1S/C18H26ClN3O/c1-2-20-18(21-14-6-8-15(23)9-7-14)22-17-11-16(17)12-4-3-5-13(19)10-12/h3-5,10,14-17,23H,2,6-9,11H2,1H3,(H2,20,21,22). The van der Waals surface area contributed by atoms with Crippen LogP contribution in [0.4, 0.5) is 0 Å². The Hall–Kier alpha value is -1.26. The Labute approximate surface area is 143 Å². The highest BCUT2D eigenvalue weighted by Crippen LogP contribution is 2.41. The van der Waals surface area contributed by atoms with Crippen molar-refractivity contribution in [1.29, 1.82) is 0 Å². The molecule has 2 saturated carbocycles. The minimum atomic E-state index is -0.122. The van der Waals surface area contributed by atoms with Crippen molar-refractivity contribution >= 4 is 17.6 Å². The Morgan fingerprint density at radius 3 is 2.74 bits per heavy atom. The molecule has 1 aromatic carbocycles. The van der Waals surface area contributed by atoms with Crippen LogP contribution in [0.3, 0.4) is 0 Å². The molecule has 2 aliphatic carbocycles. The summed E-state index contributed by atoms with van der Waals surface area (Å²) in [5.74, 6) is 1.43. The van der Waals surface area contributed by atoms with Crippen LogP contribution < -0.4 is 10.6 Å². The SMILES string of the molecule is CCN=C(NC1CCC(O)CC1)NC1CC1c1cccc(Cl)c1. The van der Waals surface area contributed by atoms with E-state index in [2.05, 4.69) is 34.7 Å². The van der Waals surface area contributed by atoms with E-state index in [1.54, 1.807) is 0 Å². The van der Waals surface area contributed by atoms with Crippen LogP contribution in [0.25, 0.3) is 0 Å². The van der Waals surface area contributed by atoms with Gasteiger partial charge in [0.25, 0.3) is 0 Å². The molecule has 2 fully saturated rings. The van der Waals surface area contributed by atoms with E-state index in [9.17, 15) is 5.11 Å². The summed E-state index contributed by atoms with van der Waals surface area (Å²) in [5, 5.41) is 17.5. The second-order valence-corrected chi connectivity index (χ2v) is 7.06. The smallest absolute Gasteiger partial charge is 0.191 e. The van der Waals surface area contributed by atoms with Crippen LogP contribution in [0.1, 0.15) is 50.5 Å². The highest BCUT2D eigenvalue weighted by Gasteiger charge is 2.39. The Bertz CT molecular complexity index is 555. The van der Waals surface area contributed by atoms with Gasteiger partial charge in [-0.1, -0.05) is 23.7 Å². The van der Waals surface area contributed by atoms with Crippen LogP contribution in [-0.4, -0.2) is 35.8 Å². The summed E-state index contributed by atoms with van der Waals surface area (Å²) in [6.07, 6.45) is 4.77. The van der Waals surface area contributed by atoms with Crippen LogP contribution >= 0.6 is 11.6 Å². The lowest BCUT2D eigenvalue weighted by Gasteiger charge is -2.27. The molecule has 3 N–H and O–H groups in total. The Morgan fingerprint density at radius 2 is 2.04 bits per heavy atom. The maximum absolute atomic E-state index is 9.62. The molecule has 2 atom stereocenters. The first-order valence-electron chi connectivity index (χ1n) is 8.66. The molecule has 0 bridgehead atoms. The molecule has 126 valence electrons. The molecule has 5 heteroatoms. The third-order valence-corrected chi connectivity index (χ3v) is 4.98. The van der Waals surface area contributed by atoms with Crippen LogP contribution in [0.2, 0.25) is 5.02 Å². The molecule has 0 spiro atoms. The average Bonchev–Trinajstić information content (AvgIpc) is 3.29. The molecular weight excluding hydrogens is 310 g/mol. The second kappa shape index (κ2) is 7.54. The van der Waals surface area contributed by atoms with Crippen LogP contribution in [-0.2, 0) is 0 Å². The Kier molecular flexibility index (Phi) is 5.44. The molecule has 2 aliphatic rings. The number of guanidine groups is 1. The molecule has 1 aromatic rings. The van der Waals surface area contributed by atoms with E-state index in [4.69, 9.17) is 11.6 Å². The van der Waals surface area contributed by atoms with E-state index < -0.39 is 0 Å². The van der Waals surface area contributed by atoms with E-state index in [1.807, 2.05) is 12.1 Å². The number of nitrogens with zero attached hydrogens (tertiary/aromatic N) is 1. The molecular formula is C18H26ClN3O. The molecule has 4 nitrogen and oxygen atoms in total. The lowest BCUT2D eigenvalue weighted by Crippen LogP contribution is -2.46. The number of benzene rings is 1. The number of aliphatic imine (C=N–C) groups is 1. The second-order valence-electron chi connectivity index (χ2n) is 6.62. The first kappa shape index (κ1) is 16.6. The zero-order valence-corrected chi connectivity index (χ0v) is 14.4. The largest absolute Gasteiger partial charge is 0.393 e. The normalized spacial score (nSPS) is 30.8. The summed E-state index contributed by atoms with van der Waals surface area (Å²) >= 11 is 6.08. The van der Waals surface area contributed by atoms with Crippen molar-refractivity contribution in [3.63, 3.8) is 0 Å². The van der Waals surface area contributed by atoms with Gasteiger partial charge in [-0.15, -0.1) is 0 Å². The van der Waals surface area contributed by atoms with E-state index >= 15 is 0 Å². The van der Waals surface area contributed by atoms with Gasteiger partial charge in [-0.25, -0.2) is 0 Å². The van der Waals surface area contributed by atoms with Crippen LogP contribution in [0.15, 0.2) is 29.3 Å². The van der Waals surface area contributed by atoms with Gasteiger partial charge in [0.05, 0.1) is 6.10 Å². The van der Waals surface area contributed by atoms with Gasteiger partial charge in [0.1, 0.15) is 0 Å². The van der Waals surface area contributed by atoms with E-state index in [1.165, 1.54) is 5.56 Å². The van der Waals surface area contributed by atoms with Gasteiger partial charge in [0.2, 0.25) is 0 Å². The first-order valence-corrected chi connectivity index (χ1v) is 9.04. The average molecular weight is 336 g/mol. The third-order valence-electron chi connectivity index (χ3n) is 4.74. The highest BCUT2D eigenvalue weighted by atomic mass is 35.5. The van der Waals surface area contributed by atoms with E-state index in [0.717, 1.165) is 49.6 Å². The summed E-state index contributed by atoms with van der Waals surface area (Å²) in [7, 11) is 0. The summed E-state index contributed by atoms with van der Waals surface area (Å²) in [5.41, 5.74) is 1.30. The molecule has 0 heterocycles. The lowest BCUT2D eigenvalue weighted by atomic mass is 9.93. The molecule has 0 radical (unpaired) electrons. The quantitative estimate of drug-likeness (QED) is 0.585. The van der Waals surface area contributed by atoms with Crippen molar-refractivity contribution in [2.24, 2.45) is 4.99 Å². The van der Waals surface area contributed by atoms with Crippen molar-refractivity contribution < 1.29 is 5.11 Å².